The normalized spacial score (nSPS) is 10.7. The van der Waals surface area contributed by atoms with Gasteiger partial charge in [-0.3, -0.25) is 4.79 Å². The van der Waals surface area contributed by atoms with Gasteiger partial charge in [-0.25, -0.2) is 0 Å². The predicted octanol–water partition coefficient (Wildman–Crippen LogP) is 3.27. The highest BCUT2D eigenvalue weighted by atomic mass is 32.2. The molecular weight excluding hydrogens is 212 g/mol. The third-order valence-electron chi connectivity index (χ3n) is 1.56. The second kappa shape index (κ2) is 5.94. The standard InChI is InChI=1S/C11H12OS2/c1-9(12)14-7-3-5-10-4-2-6-11(13)8-10/h2-6,8,13H,7H2,1H3. The lowest BCUT2D eigenvalue weighted by molar-refractivity contribution is -0.109. The second-order valence-electron chi connectivity index (χ2n) is 2.80. The Kier molecular flexibility index (Phi) is 4.84. The first-order valence-corrected chi connectivity index (χ1v) is 5.70. The van der Waals surface area contributed by atoms with E-state index in [1.54, 1.807) is 6.92 Å². The largest absolute Gasteiger partial charge is 0.288 e. The SMILES string of the molecule is CC(=O)SCC=Cc1cccc(S)c1. The number of carbonyl (C=O) groups excluding carboxylic acids is 1. The van der Waals surface area contributed by atoms with Gasteiger partial charge >= 0.3 is 0 Å². The van der Waals surface area contributed by atoms with Crippen LogP contribution >= 0.6 is 24.4 Å². The minimum Gasteiger partial charge on any atom is -0.288 e. The molecule has 0 amide bonds. The van der Waals surface area contributed by atoms with E-state index in [1.165, 1.54) is 11.8 Å². The lowest BCUT2D eigenvalue weighted by Gasteiger charge is -1.94. The molecule has 0 N–H and O–H groups in total. The zero-order valence-corrected chi connectivity index (χ0v) is 9.65. The van der Waals surface area contributed by atoms with Crippen LogP contribution in [0.5, 0.6) is 0 Å². The molecule has 0 saturated heterocycles. The van der Waals surface area contributed by atoms with Crippen molar-refractivity contribution in [3.8, 4) is 0 Å². The van der Waals surface area contributed by atoms with E-state index < -0.39 is 0 Å². The van der Waals surface area contributed by atoms with E-state index in [0.717, 1.165) is 16.2 Å². The van der Waals surface area contributed by atoms with E-state index in [-0.39, 0.29) is 5.12 Å². The predicted molar refractivity (Wildman–Crippen MR) is 65.9 cm³/mol. The highest BCUT2D eigenvalue weighted by molar-refractivity contribution is 8.13. The Balaban J connectivity index is 2.47. The van der Waals surface area contributed by atoms with Crippen LogP contribution in [-0.4, -0.2) is 10.9 Å². The summed E-state index contributed by atoms with van der Waals surface area (Å²) in [6.45, 7) is 1.58. The van der Waals surface area contributed by atoms with Gasteiger partial charge in [0, 0.05) is 17.6 Å². The molecule has 0 heterocycles. The van der Waals surface area contributed by atoms with Crippen LogP contribution in [0.15, 0.2) is 35.2 Å². The zero-order chi connectivity index (χ0) is 10.4. The molecular formula is C11H12OS2. The molecule has 0 saturated carbocycles. The van der Waals surface area contributed by atoms with Gasteiger partial charge in [-0.15, -0.1) is 12.6 Å². The molecule has 1 aromatic rings. The molecule has 0 fully saturated rings. The molecule has 0 aliphatic carbocycles. The number of hydrogen-bond donors (Lipinski definition) is 1. The molecule has 0 aliphatic rings. The van der Waals surface area contributed by atoms with Gasteiger partial charge in [0.05, 0.1) is 0 Å². The van der Waals surface area contributed by atoms with Gasteiger partial charge in [-0.05, 0) is 17.7 Å². The molecule has 0 unspecified atom stereocenters. The molecule has 1 nitrogen and oxygen atoms in total. The Morgan fingerprint density at radius 3 is 3.00 bits per heavy atom. The maximum Gasteiger partial charge on any atom is 0.186 e. The highest BCUT2D eigenvalue weighted by Crippen LogP contribution is 2.11. The van der Waals surface area contributed by atoms with Crippen molar-refractivity contribution < 1.29 is 4.79 Å². The Morgan fingerprint density at radius 2 is 2.36 bits per heavy atom. The molecule has 14 heavy (non-hydrogen) atoms. The number of thioether (sulfide) groups is 1. The minimum absolute atomic E-state index is 0.151. The summed E-state index contributed by atoms with van der Waals surface area (Å²) in [5.41, 5.74) is 1.11. The van der Waals surface area contributed by atoms with Crippen LogP contribution in [0, 0.1) is 0 Å². The average Bonchev–Trinajstić information content (AvgIpc) is 2.12. The summed E-state index contributed by atoms with van der Waals surface area (Å²) in [5, 5.41) is 0.151. The van der Waals surface area contributed by atoms with Crippen LogP contribution in [0.4, 0.5) is 0 Å². The lowest BCUT2D eigenvalue weighted by Crippen LogP contribution is -1.81. The average molecular weight is 224 g/mol. The molecule has 0 aliphatic heterocycles. The van der Waals surface area contributed by atoms with Gasteiger partial charge in [0.15, 0.2) is 5.12 Å². The van der Waals surface area contributed by atoms with Gasteiger partial charge in [0.2, 0.25) is 0 Å². The summed E-state index contributed by atoms with van der Waals surface area (Å²) in [6, 6.07) is 7.89. The molecule has 74 valence electrons. The maximum atomic E-state index is 10.6. The number of carbonyl (C=O) groups is 1. The van der Waals surface area contributed by atoms with Crippen molar-refractivity contribution in [1.82, 2.24) is 0 Å². The van der Waals surface area contributed by atoms with Crippen molar-refractivity contribution in [2.45, 2.75) is 11.8 Å². The molecule has 0 atom stereocenters. The van der Waals surface area contributed by atoms with Crippen molar-refractivity contribution >= 4 is 35.6 Å². The van der Waals surface area contributed by atoms with Crippen molar-refractivity contribution in [3.05, 3.63) is 35.9 Å². The quantitative estimate of drug-likeness (QED) is 0.794. The van der Waals surface area contributed by atoms with E-state index in [2.05, 4.69) is 12.6 Å². The first-order chi connectivity index (χ1) is 6.68. The van der Waals surface area contributed by atoms with Crippen LogP contribution < -0.4 is 0 Å². The van der Waals surface area contributed by atoms with Crippen LogP contribution in [0.1, 0.15) is 12.5 Å². The summed E-state index contributed by atoms with van der Waals surface area (Å²) < 4.78 is 0. The topological polar surface area (TPSA) is 17.1 Å². The summed E-state index contributed by atoms with van der Waals surface area (Å²) in [6.07, 6.45) is 3.98. The fourth-order valence-corrected chi connectivity index (χ4v) is 1.64. The van der Waals surface area contributed by atoms with Gasteiger partial charge in [-0.2, -0.15) is 0 Å². The number of thiol groups is 1. The molecule has 1 aromatic carbocycles. The van der Waals surface area contributed by atoms with Gasteiger partial charge in [-0.1, -0.05) is 36.0 Å². The van der Waals surface area contributed by atoms with Gasteiger partial charge in [0.25, 0.3) is 0 Å². The summed E-state index contributed by atoms with van der Waals surface area (Å²) in [5.74, 6) is 0.728. The van der Waals surface area contributed by atoms with Crippen LogP contribution in [0.2, 0.25) is 0 Å². The van der Waals surface area contributed by atoms with E-state index in [9.17, 15) is 4.79 Å². The zero-order valence-electron chi connectivity index (χ0n) is 7.93. The second-order valence-corrected chi connectivity index (χ2v) is 4.51. The van der Waals surface area contributed by atoms with Crippen molar-refractivity contribution in [1.29, 1.82) is 0 Å². The molecule has 0 spiro atoms. The van der Waals surface area contributed by atoms with E-state index >= 15 is 0 Å². The Labute approximate surface area is 94.0 Å². The fourth-order valence-electron chi connectivity index (χ4n) is 0.978. The Morgan fingerprint density at radius 1 is 1.57 bits per heavy atom. The monoisotopic (exact) mass is 224 g/mol. The molecule has 0 bridgehead atoms. The summed E-state index contributed by atoms with van der Waals surface area (Å²) >= 11 is 5.55. The smallest absolute Gasteiger partial charge is 0.186 e. The minimum atomic E-state index is 0.151. The van der Waals surface area contributed by atoms with Crippen molar-refractivity contribution in [2.24, 2.45) is 0 Å². The van der Waals surface area contributed by atoms with Crippen LogP contribution in [0.3, 0.4) is 0 Å². The molecule has 0 aromatic heterocycles. The number of benzene rings is 1. The highest BCUT2D eigenvalue weighted by Gasteiger charge is 1.90. The first-order valence-electron chi connectivity index (χ1n) is 4.27. The van der Waals surface area contributed by atoms with E-state index in [0.29, 0.717) is 0 Å². The number of hydrogen-bond acceptors (Lipinski definition) is 3. The maximum absolute atomic E-state index is 10.6. The summed E-state index contributed by atoms with van der Waals surface area (Å²) in [7, 11) is 0. The number of rotatable bonds is 3. The van der Waals surface area contributed by atoms with Gasteiger partial charge in [0.1, 0.15) is 0 Å². The summed E-state index contributed by atoms with van der Waals surface area (Å²) in [4.78, 5) is 11.6. The van der Waals surface area contributed by atoms with Crippen molar-refractivity contribution in [2.75, 3.05) is 5.75 Å². The van der Waals surface area contributed by atoms with E-state index in [4.69, 9.17) is 0 Å². The lowest BCUT2D eigenvalue weighted by atomic mass is 10.2. The van der Waals surface area contributed by atoms with Gasteiger partial charge < -0.3 is 0 Å². The van der Waals surface area contributed by atoms with Crippen molar-refractivity contribution in [3.63, 3.8) is 0 Å². The molecule has 0 radical (unpaired) electrons. The molecule has 1 rings (SSSR count). The Hall–Kier alpha value is -0.670. The van der Waals surface area contributed by atoms with Crippen LogP contribution in [0.25, 0.3) is 6.08 Å². The van der Waals surface area contributed by atoms with Crippen LogP contribution in [-0.2, 0) is 4.79 Å². The van der Waals surface area contributed by atoms with E-state index in [1.807, 2.05) is 36.4 Å². The third-order valence-corrected chi connectivity index (χ3v) is 2.61. The first kappa shape index (κ1) is 11.4. The molecule has 3 heteroatoms. The fraction of sp³-hybridized carbons (Fsp3) is 0.182. The Bertz CT molecular complexity index is 345. The third kappa shape index (κ3) is 4.53.